The van der Waals surface area contributed by atoms with Crippen molar-refractivity contribution in [2.75, 3.05) is 26.7 Å². The van der Waals surface area contributed by atoms with E-state index in [-0.39, 0.29) is 0 Å². The van der Waals surface area contributed by atoms with Crippen LogP contribution in [0.15, 0.2) is 11.4 Å². The molecular formula is C12H20N2S. The Hall–Kier alpha value is -0.380. The molecule has 1 saturated heterocycles. The number of thiophene rings is 1. The first kappa shape index (κ1) is 11.1. The molecule has 2 nitrogen and oxygen atoms in total. The summed E-state index contributed by atoms with van der Waals surface area (Å²) >= 11 is 1.88. The summed E-state index contributed by atoms with van der Waals surface area (Å²) in [6.45, 7) is 6.95. The lowest BCUT2D eigenvalue weighted by Gasteiger charge is -2.20. The van der Waals surface area contributed by atoms with Gasteiger partial charge in [0.2, 0.25) is 0 Å². The lowest BCUT2D eigenvalue weighted by molar-refractivity contribution is 0.280. The molecule has 1 aromatic heterocycles. The molecular weight excluding hydrogens is 204 g/mol. The van der Waals surface area contributed by atoms with E-state index >= 15 is 0 Å². The second-order valence-electron chi connectivity index (χ2n) is 4.58. The van der Waals surface area contributed by atoms with E-state index in [0.717, 1.165) is 12.5 Å². The van der Waals surface area contributed by atoms with E-state index < -0.39 is 0 Å². The lowest BCUT2D eigenvalue weighted by Crippen LogP contribution is -2.26. The van der Waals surface area contributed by atoms with E-state index in [1.807, 2.05) is 11.3 Å². The van der Waals surface area contributed by atoms with Crippen LogP contribution in [0.2, 0.25) is 0 Å². The van der Waals surface area contributed by atoms with E-state index in [9.17, 15) is 0 Å². The van der Waals surface area contributed by atoms with E-state index in [1.54, 1.807) is 0 Å². The Labute approximate surface area is 96.3 Å². The van der Waals surface area contributed by atoms with Gasteiger partial charge in [-0.1, -0.05) is 0 Å². The Bertz CT molecular complexity index is 302. The molecule has 3 heteroatoms. The van der Waals surface area contributed by atoms with Crippen molar-refractivity contribution in [1.82, 2.24) is 10.2 Å². The maximum atomic E-state index is 3.42. The van der Waals surface area contributed by atoms with Crippen LogP contribution in [0.4, 0.5) is 0 Å². The zero-order valence-electron chi connectivity index (χ0n) is 9.62. The summed E-state index contributed by atoms with van der Waals surface area (Å²) in [5.41, 5.74) is 1.44. The summed E-state index contributed by atoms with van der Waals surface area (Å²) in [5, 5.41) is 5.61. The highest BCUT2D eigenvalue weighted by molar-refractivity contribution is 7.10. The second kappa shape index (κ2) is 5.10. The standard InChI is InChI=1S/C12H20N2S/c1-10-4-6-15-12(10)9-14(2)8-11-3-5-13-7-11/h4,6,11,13H,3,5,7-9H2,1-2H3. The zero-order chi connectivity index (χ0) is 10.7. The fourth-order valence-corrected chi connectivity index (χ4v) is 3.17. The number of hydrogen-bond donors (Lipinski definition) is 1. The maximum absolute atomic E-state index is 3.42. The van der Waals surface area contributed by atoms with Crippen LogP contribution in [0, 0.1) is 12.8 Å². The summed E-state index contributed by atoms with van der Waals surface area (Å²) in [6.07, 6.45) is 1.34. The molecule has 0 bridgehead atoms. The normalized spacial score (nSPS) is 21.4. The van der Waals surface area contributed by atoms with Crippen molar-refractivity contribution < 1.29 is 0 Å². The van der Waals surface area contributed by atoms with Crippen molar-refractivity contribution in [3.63, 3.8) is 0 Å². The fourth-order valence-electron chi connectivity index (χ4n) is 2.19. The molecule has 1 aliphatic rings. The van der Waals surface area contributed by atoms with Gasteiger partial charge in [0.25, 0.3) is 0 Å². The molecule has 2 rings (SSSR count). The minimum absolute atomic E-state index is 0.857. The largest absolute Gasteiger partial charge is 0.316 e. The summed E-state index contributed by atoms with van der Waals surface area (Å²) in [4.78, 5) is 3.97. The van der Waals surface area contributed by atoms with Crippen molar-refractivity contribution in [2.24, 2.45) is 5.92 Å². The number of hydrogen-bond acceptors (Lipinski definition) is 3. The average molecular weight is 224 g/mol. The Morgan fingerprint density at radius 3 is 3.07 bits per heavy atom. The van der Waals surface area contributed by atoms with Crippen LogP contribution in [0.25, 0.3) is 0 Å². The van der Waals surface area contributed by atoms with Gasteiger partial charge in [0.05, 0.1) is 0 Å². The van der Waals surface area contributed by atoms with E-state index in [4.69, 9.17) is 0 Å². The number of nitrogens with one attached hydrogen (secondary N) is 1. The van der Waals surface area contributed by atoms with Gasteiger partial charge in [0, 0.05) is 18.0 Å². The predicted octanol–water partition coefficient (Wildman–Crippen LogP) is 2.10. The van der Waals surface area contributed by atoms with E-state index in [1.165, 1.54) is 36.5 Å². The third kappa shape index (κ3) is 3.03. The van der Waals surface area contributed by atoms with Crippen molar-refractivity contribution in [3.8, 4) is 0 Å². The first-order valence-electron chi connectivity index (χ1n) is 5.68. The van der Waals surface area contributed by atoms with Crippen LogP contribution in [0.3, 0.4) is 0 Å². The molecule has 1 fully saturated rings. The van der Waals surface area contributed by atoms with Gasteiger partial charge in [-0.25, -0.2) is 0 Å². The van der Waals surface area contributed by atoms with Crippen molar-refractivity contribution in [3.05, 3.63) is 21.9 Å². The van der Waals surface area contributed by atoms with Crippen molar-refractivity contribution in [2.45, 2.75) is 19.9 Å². The van der Waals surface area contributed by atoms with Crippen LogP contribution in [-0.2, 0) is 6.54 Å². The SMILES string of the molecule is Cc1ccsc1CN(C)CC1CCNC1. The van der Waals surface area contributed by atoms with Gasteiger partial charge in [0.1, 0.15) is 0 Å². The Balaban J connectivity index is 1.81. The molecule has 1 aliphatic heterocycles. The van der Waals surface area contributed by atoms with Crippen LogP contribution in [0.5, 0.6) is 0 Å². The average Bonchev–Trinajstić information content (AvgIpc) is 2.79. The van der Waals surface area contributed by atoms with Gasteiger partial charge in [-0.05, 0) is 56.4 Å². The van der Waals surface area contributed by atoms with Crippen LogP contribution < -0.4 is 5.32 Å². The zero-order valence-corrected chi connectivity index (χ0v) is 10.4. The van der Waals surface area contributed by atoms with Crippen LogP contribution >= 0.6 is 11.3 Å². The molecule has 0 spiro atoms. The summed E-state index contributed by atoms with van der Waals surface area (Å²) in [6, 6.07) is 2.21. The maximum Gasteiger partial charge on any atom is 0.0327 e. The van der Waals surface area contributed by atoms with Gasteiger partial charge < -0.3 is 10.2 Å². The Kier molecular flexibility index (Phi) is 3.78. The summed E-state index contributed by atoms with van der Waals surface area (Å²) in [5.74, 6) is 0.857. The van der Waals surface area contributed by atoms with Crippen LogP contribution in [-0.4, -0.2) is 31.6 Å². The highest BCUT2D eigenvalue weighted by Crippen LogP contribution is 2.18. The third-order valence-corrected chi connectivity index (χ3v) is 4.12. The molecule has 2 heterocycles. The van der Waals surface area contributed by atoms with Gasteiger partial charge in [-0.3, -0.25) is 0 Å². The monoisotopic (exact) mass is 224 g/mol. The molecule has 84 valence electrons. The fraction of sp³-hybridized carbons (Fsp3) is 0.667. The number of nitrogens with zero attached hydrogens (tertiary/aromatic N) is 1. The summed E-state index contributed by atoms with van der Waals surface area (Å²) < 4.78 is 0. The smallest absolute Gasteiger partial charge is 0.0327 e. The van der Waals surface area contributed by atoms with E-state index in [2.05, 4.69) is 35.6 Å². The second-order valence-corrected chi connectivity index (χ2v) is 5.58. The quantitative estimate of drug-likeness (QED) is 0.842. The molecule has 0 radical (unpaired) electrons. The molecule has 1 aromatic rings. The molecule has 0 aromatic carbocycles. The molecule has 1 atom stereocenters. The van der Waals surface area contributed by atoms with Gasteiger partial charge in [-0.2, -0.15) is 0 Å². The topological polar surface area (TPSA) is 15.3 Å². The molecule has 1 N–H and O–H groups in total. The Morgan fingerprint density at radius 2 is 2.47 bits per heavy atom. The van der Waals surface area contributed by atoms with Gasteiger partial charge in [-0.15, -0.1) is 11.3 Å². The highest BCUT2D eigenvalue weighted by atomic mass is 32.1. The first-order chi connectivity index (χ1) is 7.25. The third-order valence-electron chi connectivity index (χ3n) is 3.11. The van der Waals surface area contributed by atoms with Gasteiger partial charge in [0.15, 0.2) is 0 Å². The number of rotatable bonds is 4. The lowest BCUT2D eigenvalue weighted by atomic mass is 10.1. The number of aryl methyl sites for hydroxylation is 1. The molecule has 0 aliphatic carbocycles. The Morgan fingerprint density at radius 1 is 1.60 bits per heavy atom. The van der Waals surface area contributed by atoms with Crippen molar-refractivity contribution in [1.29, 1.82) is 0 Å². The highest BCUT2D eigenvalue weighted by Gasteiger charge is 2.16. The van der Waals surface area contributed by atoms with Crippen LogP contribution in [0.1, 0.15) is 16.9 Å². The van der Waals surface area contributed by atoms with Crippen molar-refractivity contribution >= 4 is 11.3 Å². The first-order valence-corrected chi connectivity index (χ1v) is 6.56. The molecule has 0 amide bonds. The minimum atomic E-state index is 0.857. The summed E-state index contributed by atoms with van der Waals surface area (Å²) in [7, 11) is 2.23. The molecule has 15 heavy (non-hydrogen) atoms. The minimum Gasteiger partial charge on any atom is -0.316 e. The predicted molar refractivity (Wildman–Crippen MR) is 66.4 cm³/mol. The molecule has 0 saturated carbocycles. The molecule has 1 unspecified atom stereocenters. The van der Waals surface area contributed by atoms with Gasteiger partial charge >= 0.3 is 0 Å². The van der Waals surface area contributed by atoms with E-state index in [0.29, 0.717) is 0 Å².